The molecule has 0 spiro atoms. The van der Waals surface area contributed by atoms with E-state index in [4.69, 9.17) is 15.6 Å². The third-order valence-corrected chi connectivity index (χ3v) is 3.26. The van der Waals surface area contributed by atoms with Gasteiger partial charge in [0.05, 0.1) is 19.4 Å². The first-order chi connectivity index (χ1) is 6.76. The number of aliphatic hydroxyl groups is 1. The Kier molecular flexibility index (Phi) is 2.31. The van der Waals surface area contributed by atoms with E-state index in [2.05, 4.69) is 0 Å². The maximum atomic E-state index is 8.97. The van der Waals surface area contributed by atoms with E-state index in [1.807, 2.05) is 18.2 Å². The summed E-state index contributed by atoms with van der Waals surface area (Å²) in [5, 5.41) is 10.7. The number of thiophene rings is 1. The summed E-state index contributed by atoms with van der Waals surface area (Å²) in [5.74, 6) is 0. The second-order valence-corrected chi connectivity index (χ2v) is 4.01. The summed E-state index contributed by atoms with van der Waals surface area (Å²) in [6.45, 7) is 0.0516. The first-order valence-corrected chi connectivity index (χ1v) is 5.03. The molecule has 0 aliphatic rings. The lowest BCUT2D eigenvalue weighted by atomic mass is 10.2. The zero-order valence-electron chi connectivity index (χ0n) is 7.78. The van der Waals surface area contributed by atoms with Gasteiger partial charge in [0.2, 0.25) is 0 Å². The molecular formula is C10H11NO2S. The van der Waals surface area contributed by atoms with E-state index in [1.165, 1.54) is 11.3 Å². The molecule has 3 nitrogen and oxygen atoms in total. The zero-order chi connectivity index (χ0) is 10.1. The molecule has 4 heteroatoms. The van der Waals surface area contributed by atoms with Crippen LogP contribution >= 0.6 is 11.3 Å². The van der Waals surface area contributed by atoms with Gasteiger partial charge in [-0.25, -0.2) is 0 Å². The molecule has 74 valence electrons. The first-order valence-electron chi connectivity index (χ1n) is 4.22. The van der Waals surface area contributed by atoms with Crippen LogP contribution in [0.4, 0.5) is 5.69 Å². The summed E-state index contributed by atoms with van der Waals surface area (Å²) >= 11 is 1.50. The first kappa shape index (κ1) is 9.30. The molecule has 0 fully saturated rings. The maximum Gasteiger partial charge on any atom is 0.198 e. The van der Waals surface area contributed by atoms with Crippen molar-refractivity contribution in [2.45, 2.75) is 6.61 Å². The SMILES string of the molecule is COc1sc2cc(CO)ccc2c1N. The highest BCUT2D eigenvalue weighted by Crippen LogP contribution is 2.39. The van der Waals surface area contributed by atoms with Crippen molar-refractivity contribution >= 4 is 27.1 Å². The number of benzene rings is 1. The van der Waals surface area contributed by atoms with Gasteiger partial charge in [0.1, 0.15) is 0 Å². The lowest BCUT2D eigenvalue weighted by molar-refractivity contribution is 0.282. The molecule has 0 atom stereocenters. The van der Waals surface area contributed by atoms with Gasteiger partial charge in [-0.1, -0.05) is 23.5 Å². The summed E-state index contributed by atoms with van der Waals surface area (Å²) in [6, 6.07) is 5.71. The Hall–Kier alpha value is -1.26. The highest BCUT2D eigenvalue weighted by molar-refractivity contribution is 7.21. The fraction of sp³-hybridized carbons (Fsp3) is 0.200. The van der Waals surface area contributed by atoms with Gasteiger partial charge >= 0.3 is 0 Å². The average molecular weight is 209 g/mol. The van der Waals surface area contributed by atoms with Crippen molar-refractivity contribution in [1.82, 2.24) is 0 Å². The van der Waals surface area contributed by atoms with Crippen molar-refractivity contribution in [2.75, 3.05) is 12.8 Å². The van der Waals surface area contributed by atoms with Crippen molar-refractivity contribution in [3.63, 3.8) is 0 Å². The maximum absolute atomic E-state index is 8.97. The molecular weight excluding hydrogens is 198 g/mol. The number of rotatable bonds is 2. The van der Waals surface area contributed by atoms with Crippen LogP contribution in [0, 0.1) is 0 Å². The molecule has 2 aromatic rings. The van der Waals surface area contributed by atoms with Crippen LogP contribution in [0.5, 0.6) is 5.06 Å². The second-order valence-electron chi connectivity index (χ2n) is 3.00. The number of nitrogens with two attached hydrogens (primary N) is 1. The smallest absolute Gasteiger partial charge is 0.198 e. The molecule has 0 aliphatic heterocycles. The van der Waals surface area contributed by atoms with Crippen LogP contribution in [0.3, 0.4) is 0 Å². The summed E-state index contributed by atoms with van der Waals surface area (Å²) in [5.41, 5.74) is 7.43. The molecule has 0 bridgehead atoms. The number of hydrogen-bond acceptors (Lipinski definition) is 4. The van der Waals surface area contributed by atoms with Gasteiger partial charge in [0.25, 0.3) is 0 Å². The van der Waals surface area contributed by atoms with E-state index in [9.17, 15) is 0 Å². The molecule has 14 heavy (non-hydrogen) atoms. The van der Waals surface area contributed by atoms with Crippen LogP contribution in [0.25, 0.3) is 10.1 Å². The molecule has 3 N–H and O–H groups in total. The van der Waals surface area contributed by atoms with Gasteiger partial charge in [0.15, 0.2) is 5.06 Å². The largest absolute Gasteiger partial charge is 0.486 e. The van der Waals surface area contributed by atoms with Crippen LogP contribution in [-0.4, -0.2) is 12.2 Å². The van der Waals surface area contributed by atoms with E-state index in [0.717, 1.165) is 20.7 Å². The molecule has 0 radical (unpaired) electrons. The number of methoxy groups -OCH3 is 1. The van der Waals surface area contributed by atoms with E-state index in [1.54, 1.807) is 7.11 Å². The quantitative estimate of drug-likeness (QED) is 0.795. The van der Waals surface area contributed by atoms with E-state index < -0.39 is 0 Å². The van der Waals surface area contributed by atoms with Gasteiger partial charge in [0, 0.05) is 10.1 Å². The van der Waals surface area contributed by atoms with Gasteiger partial charge < -0.3 is 15.6 Å². The van der Waals surface area contributed by atoms with Gasteiger partial charge in [-0.3, -0.25) is 0 Å². The molecule has 2 rings (SSSR count). The third kappa shape index (κ3) is 1.32. The Labute approximate surface area is 85.7 Å². The molecule has 0 amide bonds. The summed E-state index contributed by atoms with van der Waals surface area (Å²) in [4.78, 5) is 0. The summed E-state index contributed by atoms with van der Waals surface area (Å²) in [6.07, 6.45) is 0. The standard InChI is InChI=1S/C10H11NO2S/c1-13-10-9(11)7-3-2-6(5-12)4-8(7)14-10/h2-4,12H,5,11H2,1H3. The Morgan fingerprint density at radius 2 is 2.29 bits per heavy atom. The topological polar surface area (TPSA) is 55.5 Å². The van der Waals surface area contributed by atoms with Crippen molar-refractivity contribution in [3.05, 3.63) is 23.8 Å². The molecule has 0 aliphatic carbocycles. The van der Waals surface area contributed by atoms with Crippen LogP contribution in [0.2, 0.25) is 0 Å². The number of fused-ring (bicyclic) bond motifs is 1. The predicted molar refractivity (Wildman–Crippen MR) is 58.7 cm³/mol. The number of hydrogen-bond donors (Lipinski definition) is 2. The van der Waals surface area contributed by atoms with Crippen molar-refractivity contribution < 1.29 is 9.84 Å². The lowest BCUT2D eigenvalue weighted by Crippen LogP contribution is -1.87. The van der Waals surface area contributed by atoms with Crippen molar-refractivity contribution in [3.8, 4) is 5.06 Å². The highest BCUT2D eigenvalue weighted by Gasteiger charge is 2.09. The number of aliphatic hydroxyl groups excluding tert-OH is 1. The molecule has 1 heterocycles. The number of ether oxygens (including phenoxy) is 1. The second kappa shape index (κ2) is 3.48. The molecule has 1 aromatic carbocycles. The Balaban J connectivity index is 2.66. The normalized spacial score (nSPS) is 10.7. The Bertz CT molecular complexity index is 464. The predicted octanol–water partition coefficient (Wildman–Crippen LogP) is 1.98. The Morgan fingerprint density at radius 3 is 2.93 bits per heavy atom. The monoisotopic (exact) mass is 209 g/mol. The van der Waals surface area contributed by atoms with E-state index in [-0.39, 0.29) is 6.61 Å². The van der Waals surface area contributed by atoms with E-state index in [0.29, 0.717) is 5.69 Å². The van der Waals surface area contributed by atoms with Crippen molar-refractivity contribution in [2.24, 2.45) is 0 Å². The van der Waals surface area contributed by atoms with Crippen molar-refractivity contribution in [1.29, 1.82) is 0 Å². The minimum absolute atomic E-state index is 0.0516. The molecule has 0 saturated carbocycles. The summed E-state index contributed by atoms with van der Waals surface area (Å²) in [7, 11) is 1.61. The molecule has 0 saturated heterocycles. The third-order valence-electron chi connectivity index (χ3n) is 2.13. The number of nitrogen functional groups attached to an aromatic ring is 1. The Morgan fingerprint density at radius 1 is 1.50 bits per heavy atom. The van der Waals surface area contributed by atoms with Crippen LogP contribution in [0.15, 0.2) is 18.2 Å². The minimum Gasteiger partial charge on any atom is -0.486 e. The van der Waals surface area contributed by atoms with Gasteiger partial charge in [-0.05, 0) is 11.6 Å². The fourth-order valence-electron chi connectivity index (χ4n) is 1.39. The van der Waals surface area contributed by atoms with Crippen LogP contribution in [0.1, 0.15) is 5.56 Å². The molecule has 1 aromatic heterocycles. The van der Waals surface area contributed by atoms with Crippen LogP contribution < -0.4 is 10.5 Å². The minimum atomic E-state index is 0.0516. The molecule has 0 unspecified atom stereocenters. The highest BCUT2D eigenvalue weighted by atomic mass is 32.1. The average Bonchev–Trinajstić information content (AvgIpc) is 2.55. The van der Waals surface area contributed by atoms with E-state index >= 15 is 0 Å². The fourth-order valence-corrected chi connectivity index (χ4v) is 2.39. The van der Waals surface area contributed by atoms with Gasteiger partial charge in [-0.15, -0.1) is 0 Å². The van der Waals surface area contributed by atoms with Gasteiger partial charge in [-0.2, -0.15) is 0 Å². The summed E-state index contributed by atoms with van der Waals surface area (Å²) < 4.78 is 6.18. The van der Waals surface area contributed by atoms with Crippen LogP contribution in [-0.2, 0) is 6.61 Å². The zero-order valence-corrected chi connectivity index (χ0v) is 8.60. The number of anilines is 1. The lowest BCUT2D eigenvalue weighted by Gasteiger charge is -1.96.